The van der Waals surface area contributed by atoms with Crippen molar-refractivity contribution in [2.24, 2.45) is 11.1 Å². The Balaban J connectivity index is 4.15. The van der Waals surface area contributed by atoms with Gasteiger partial charge in [0.25, 0.3) is 0 Å². The second-order valence-electron chi connectivity index (χ2n) is 5.13. The zero-order valence-corrected chi connectivity index (χ0v) is 11.8. The zero-order valence-electron chi connectivity index (χ0n) is 11.0. The average Bonchev–Trinajstić information content (AvgIpc) is 2.14. The van der Waals surface area contributed by atoms with Gasteiger partial charge in [0.2, 0.25) is 0 Å². The van der Waals surface area contributed by atoms with E-state index < -0.39 is 9.84 Å². The van der Waals surface area contributed by atoms with Crippen LogP contribution in [0.3, 0.4) is 0 Å². The fourth-order valence-corrected chi connectivity index (χ4v) is 2.54. The molecular formula is C11H26N2O2S. The molecule has 1 atom stereocenters. The number of rotatable bonds is 8. The molecule has 0 aliphatic heterocycles. The Morgan fingerprint density at radius 3 is 2.31 bits per heavy atom. The number of nitrogens with zero attached hydrogens (tertiary/aromatic N) is 1. The summed E-state index contributed by atoms with van der Waals surface area (Å²) in [6.07, 6.45) is 3.45. The number of hydrogen-bond acceptors (Lipinski definition) is 4. The molecule has 0 spiro atoms. The topological polar surface area (TPSA) is 63.4 Å². The van der Waals surface area contributed by atoms with E-state index in [1.807, 2.05) is 7.05 Å². The van der Waals surface area contributed by atoms with E-state index in [1.54, 1.807) is 0 Å². The van der Waals surface area contributed by atoms with Crippen molar-refractivity contribution in [3.8, 4) is 0 Å². The molecule has 0 heterocycles. The van der Waals surface area contributed by atoms with E-state index in [9.17, 15) is 8.42 Å². The van der Waals surface area contributed by atoms with Crippen molar-refractivity contribution in [1.82, 2.24) is 4.90 Å². The molecule has 0 fully saturated rings. The van der Waals surface area contributed by atoms with Crippen LogP contribution in [0.5, 0.6) is 0 Å². The third kappa shape index (κ3) is 7.19. The summed E-state index contributed by atoms with van der Waals surface area (Å²) in [4.78, 5) is 2.06. The third-order valence-corrected chi connectivity index (χ3v) is 3.77. The first-order valence-electron chi connectivity index (χ1n) is 5.79. The van der Waals surface area contributed by atoms with E-state index in [2.05, 4.69) is 18.7 Å². The number of sulfone groups is 1. The highest BCUT2D eigenvalue weighted by Crippen LogP contribution is 2.22. The monoisotopic (exact) mass is 250 g/mol. The minimum absolute atomic E-state index is 0.0982. The third-order valence-electron chi connectivity index (χ3n) is 2.84. The molecule has 0 aromatic rings. The molecular weight excluding hydrogens is 224 g/mol. The van der Waals surface area contributed by atoms with Gasteiger partial charge in [0, 0.05) is 19.3 Å². The first-order chi connectivity index (χ1) is 7.22. The van der Waals surface area contributed by atoms with Gasteiger partial charge in [-0.25, -0.2) is 8.42 Å². The first kappa shape index (κ1) is 15.9. The second-order valence-corrected chi connectivity index (χ2v) is 7.39. The van der Waals surface area contributed by atoms with Crippen LogP contribution < -0.4 is 5.73 Å². The van der Waals surface area contributed by atoms with Gasteiger partial charge in [-0.2, -0.15) is 0 Å². The van der Waals surface area contributed by atoms with Crippen molar-refractivity contribution in [2.75, 3.05) is 38.7 Å². The molecule has 5 heteroatoms. The number of hydrogen-bond donors (Lipinski definition) is 1. The molecule has 0 amide bonds. The Morgan fingerprint density at radius 1 is 1.38 bits per heavy atom. The minimum atomic E-state index is -2.87. The maximum Gasteiger partial charge on any atom is 0.148 e. The van der Waals surface area contributed by atoms with Gasteiger partial charge in [-0.3, -0.25) is 0 Å². The van der Waals surface area contributed by atoms with Crippen molar-refractivity contribution >= 4 is 9.84 Å². The lowest BCUT2D eigenvalue weighted by Crippen LogP contribution is -2.40. The van der Waals surface area contributed by atoms with E-state index in [-0.39, 0.29) is 11.2 Å². The molecule has 98 valence electrons. The largest absolute Gasteiger partial charge is 0.330 e. The molecule has 16 heavy (non-hydrogen) atoms. The van der Waals surface area contributed by atoms with Crippen LogP contribution in [0, 0.1) is 5.41 Å². The van der Waals surface area contributed by atoms with Crippen molar-refractivity contribution < 1.29 is 8.42 Å². The van der Waals surface area contributed by atoms with Crippen LogP contribution in [0.2, 0.25) is 0 Å². The SMILES string of the molecule is CCCC(C)(CN)CN(C)CCS(C)(=O)=O. The van der Waals surface area contributed by atoms with Crippen LogP contribution >= 0.6 is 0 Å². The second kappa shape index (κ2) is 6.57. The molecule has 1 unspecified atom stereocenters. The Labute approximate surface area is 100 Å². The Morgan fingerprint density at radius 2 is 1.94 bits per heavy atom. The van der Waals surface area contributed by atoms with Crippen LogP contribution in [0.1, 0.15) is 26.7 Å². The fourth-order valence-electron chi connectivity index (χ4n) is 1.90. The molecule has 0 rings (SSSR count). The van der Waals surface area contributed by atoms with E-state index >= 15 is 0 Å². The van der Waals surface area contributed by atoms with Gasteiger partial charge in [-0.1, -0.05) is 20.3 Å². The van der Waals surface area contributed by atoms with Crippen LogP contribution in [0.15, 0.2) is 0 Å². The molecule has 4 nitrogen and oxygen atoms in total. The normalized spacial score (nSPS) is 16.4. The quantitative estimate of drug-likeness (QED) is 0.690. The summed E-state index contributed by atoms with van der Waals surface area (Å²) in [5, 5.41) is 0. The van der Waals surface area contributed by atoms with E-state index in [4.69, 9.17) is 5.73 Å². The molecule has 0 radical (unpaired) electrons. The van der Waals surface area contributed by atoms with Crippen LogP contribution in [-0.2, 0) is 9.84 Å². The van der Waals surface area contributed by atoms with Crippen LogP contribution in [0.25, 0.3) is 0 Å². The lowest BCUT2D eigenvalue weighted by atomic mass is 9.85. The Bertz CT molecular complexity index is 290. The maximum atomic E-state index is 11.0. The lowest BCUT2D eigenvalue weighted by Gasteiger charge is -2.32. The zero-order chi connectivity index (χ0) is 12.8. The smallest absolute Gasteiger partial charge is 0.148 e. The predicted molar refractivity (Wildman–Crippen MR) is 69.3 cm³/mol. The molecule has 0 bridgehead atoms. The van der Waals surface area contributed by atoms with E-state index in [0.717, 1.165) is 19.4 Å². The summed E-state index contributed by atoms with van der Waals surface area (Å²) in [7, 11) is -0.914. The van der Waals surface area contributed by atoms with Crippen LogP contribution in [-0.4, -0.2) is 52.0 Å². The highest BCUT2D eigenvalue weighted by molar-refractivity contribution is 7.90. The van der Waals surface area contributed by atoms with Gasteiger partial charge in [-0.15, -0.1) is 0 Å². The molecule has 0 aromatic heterocycles. The van der Waals surface area contributed by atoms with Gasteiger partial charge in [-0.05, 0) is 25.4 Å². The summed E-state index contributed by atoms with van der Waals surface area (Å²) in [6, 6.07) is 0. The van der Waals surface area contributed by atoms with Gasteiger partial charge >= 0.3 is 0 Å². The molecule has 0 saturated heterocycles. The fraction of sp³-hybridized carbons (Fsp3) is 1.00. The van der Waals surface area contributed by atoms with E-state index in [1.165, 1.54) is 6.26 Å². The highest BCUT2D eigenvalue weighted by atomic mass is 32.2. The van der Waals surface area contributed by atoms with E-state index in [0.29, 0.717) is 13.1 Å². The standard InChI is InChI=1S/C11H26N2O2S/c1-5-6-11(2,9-12)10-13(3)7-8-16(4,14)15/h5-10,12H2,1-4H3. The van der Waals surface area contributed by atoms with Gasteiger partial charge in [0.15, 0.2) is 0 Å². The first-order valence-corrected chi connectivity index (χ1v) is 7.85. The molecule has 2 N–H and O–H groups in total. The Kier molecular flexibility index (Phi) is 6.51. The summed E-state index contributed by atoms with van der Waals surface area (Å²) in [6.45, 7) is 6.38. The average molecular weight is 250 g/mol. The summed E-state index contributed by atoms with van der Waals surface area (Å²) < 4.78 is 22.1. The van der Waals surface area contributed by atoms with Crippen molar-refractivity contribution in [2.45, 2.75) is 26.7 Å². The van der Waals surface area contributed by atoms with Gasteiger partial charge < -0.3 is 10.6 Å². The minimum Gasteiger partial charge on any atom is -0.330 e. The molecule has 0 saturated carbocycles. The maximum absolute atomic E-state index is 11.0. The van der Waals surface area contributed by atoms with Crippen molar-refractivity contribution in [3.05, 3.63) is 0 Å². The predicted octanol–water partition coefficient (Wildman–Crippen LogP) is 0.728. The molecule has 0 aliphatic carbocycles. The molecule has 0 aliphatic rings. The molecule has 0 aromatic carbocycles. The number of nitrogens with two attached hydrogens (primary N) is 1. The van der Waals surface area contributed by atoms with Crippen molar-refractivity contribution in [3.63, 3.8) is 0 Å². The summed E-state index contributed by atoms with van der Waals surface area (Å²) in [5.74, 6) is 0.219. The summed E-state index contributed by atoms with van der Waals surface area (Å²) in [5.41, 5.74) is 5.88. The Hall–Kier alpha value is -0.130. The lowest BCUT2D eigenvalue weighted by molar-refractivity contribution is 0.191. The van der Waals surface area contributed by atoms with Gasteiger partial charge in [0.1, 0.15) is 9.84 Å². The van der Waals surface area contributed by atoms with Gasteiger partial charge in [0.05, 0.1) is 5.75 Å². The highest BCUT2D eigenvalue weighted by Gasteiger charge is 2.23. The summed E-state index contributed by atoms with van der Waals surface area (Å²) >= 11 is 0. The van der Waals surface area contributed by atoms with Crippen molar-refractivity contribution in [1.29, 1.82) is 0 Å². The van der Waals surface area contributed by atoms with Crippen LogP contribution in [0.4, 0.5) is 0 Å².